The molecule has 3 unspecified atom stereocenters. The number of hydrogen-bond donors (Lipinski definition) is 1. The van der Waals surface area contributed by atoms with E-state index in [0.717, 1.165) is 5.92 Å². The van der Waals surface area contributed by atoms with Gasteiger partial charge in [0, 0.05) is 16.2 Å². The summed E-state index contributed by atoms with van der Waals surface area (Å²) in [6.07, 6.45) is 4.19. The molecule has 0 saturated heterocycles. The zero-order valence-electron chi connectivity index (χ0n) is 13.3. The van der Waals surface area contributed by atoms with Gasteiger partial charge in [-0.3, -0.25) is 0 Å². The fraction of sp³-hybridized carbons (Fsp3) is 0.667. The summed E-state index contributed by atoms with van der Waals surface area (Å²) in [5.74, 6) is 0.890. The highest BCUT2D eigenvalue weighted by atomic mass is 79.9. The predicted octanol–water partition coefficient (Wildman–Crippen LogP) is 5.69. The average Bonchev–Trinajstić information content (AvgIpc) is 2.77. The average molecular weight is 336 g/mol. The zero-order valence-corrected chi connectivity index (χ0v) is 14.9. The van der Waals surface area contributed by atoms with Crippen LogP contribution in [0.15, 0.2) is 16.6 Å². The van der Waals surface area contributed by atoms with Crippen LogP contribution < -0.4 is 5.32 Å². The SMILES string of the molecule is Cc1cc(Br)cc(C)c1NC1C2(C)CCC(C2)C1(C)C. The van der Waals surface area contributed by atoms with Gasteiger partial charge >= 0.3 is 0 Å². The molecule has 1 aromatic carbocycles. The standard InChI is InChI=1S/C18H26BrN/c1-11-8-14(19)9-12(2)15(11)20-16-17(3,4)13-6-7-18(16,5)10-13/h8-9,13,16,20H,6-7,10H2,1-5H3. The number of aryl methyl sites for hydroxylation is 2. The number of hydrogen-bond acceptors (Lipinski definition) is 1. The topological polar surface area (TPSA) is 12.0 Å². The van der Waals surface area contributed by atoms with Gasteiger partial charge in [0.25, 0.3) is 0 Å². The Bertz CT molecular complexity index is 521. The summed E-state index contributed by atoms with van der Waals surface area (Å²) in [5.41, 5.74) is 4.91. The van der Waals surface area contributed by atoms with Crippen LogP contribution in [0.1, 0.15) is 51.2 Å². The Kier molecular flexibility index (Phi) is 3.25. The van der Waals surface area contributed by atoms with Crippen molar-refractivity contribution in [1.82, 2.24) is 0 Å². The van der Waals surface area contributed by atoms with Crippen LogP contribution in [0.25, 0.3) is 0 Å². The molecular weight excluding hydrogens is 310 g/mol. The first-order chi connectivity index (χ1) is 9.24. The fourth-order valence-electron chi connectivity index (χ4n) is 4.94. The molecule has 1 aromatic rings. The monoisotopic (exact) mass is 335 g/mol. The summed E-state index contributed by atoms with van der Waals surface area (Å²) in [4.78, 5) is 0. The molecule has 110 valence electrons. The highest BCUT2D eigenvalue weighted by Gasteiger charge is 2.59. The summed E-state index contributed by atoms with van der Waals surface area (Å²) < 4.78 is 1.18. The van der Waals surface area contributed by atoms with Crippen molar-refractivity contribution in [2.75, 3.05) is 5.32 Å². The van der Waals surface area contributed by atoms with Crippen molar-refractivity contribution in [3.05, 3.63) is 27.7 Å². The second kappa shape index (κ2) is 4.50. The molecule has 0 amide bonds. The molecule has 2 bridgehead atoms. The van der Waals surface area contributed by atoms with E-state index in [4.69, 9.17) is 0 Å². The molecular formula is C18H26BrN. The van der Waals surface area contributed by atoms with E-state index in [1.54, 1.807) is 0 Å². The number of halogens is 1. The van der Waals surface area contributed by atoms with E-state index < -0.39 is 0 Å². The third kappa shape index (κ3) is 2.03. The van der Waals surface area contributed by atoms with Gasteiger partial charge in [-0.2, -0.15) is 0 Å². The van der Waals surface area contributed by atoms with Gasteiger partial charge in [0.2, 0.25) is 0 Å². The molecule has 3 rings (SSSR count). The van der Waals surface area contributed by atoms with Crippen LogP contribution in [-0.4, -0.2) is 6.04 Å². The highest BCUT2D eigenvalue weighted by Crippen LogP contribution is 2.63. The first-order valence-electron chi connectivity index (χ1n) is 7.77. The third-order valence-electron chi connectivity index (χ3n) is 6.06. The third-order valence-corrected chi connectivity index (χ3v) is 6.51. The number of fused-ring (bicyclic) bond motifs is 2. The number of benzene rings is 1. The van der Waals surface area contributed by atoms with Gasteiger partial charge in [-0.25, -0.2) is 0 Å². The minimum atomic E-state index is 0.402. The fourth-order valence-corrected chi connectivity index (χ4v) is 5.63. The van der Waals surface area contributed by atoms with Crippen molar-refractivity contribution < 1.29 is 0 Å². The minimum absolute atomic E-state index is 0.402. The lowest BCUT2D eigenvalue weighted by molar-refractivity contribution is 0.155. The zero-order chi connectivity index (χ0) is 14.7. The van der Waals surface area contributed by atoms with Crippen molar-refractivity contribution >= 4 is 21.6 Å². The molecule has 20 heavy (non-hydrogen) atoms. The molecule has 2 fully saturated rings. The maximum Gasteiger partial charge on any atom is 0.0402 e. The van der Waals surface area contributed by atoms with Gasteiger partial charge in [-0.15, -0.1) is 0 Å². The van der Waals surface area contributed by atoms with Crippen LogP contribution in [0.2, 0.25) is 0 Å². The van der Waals surface area contributed by atoms with E-state index in [0.29, 0.717) is 16.9 Å². The Hall–Kier alpha value is -0.500. The predicted molar refractivity (Wildman–Crippen MR) is 90.3 cm³/mol. The molecule has 3 atom stereocenters. The molecule has 2 aliphatic rings. The Labute approximate surface area is 131 Å². The van der Waals surface area contributed by atoms with Gasteiger partial charge in [-0.05, 0) is 73.1 Å². The van der Waals surface area contributed by atoms with Crippen molar-refractivity contribution in [1.29, 1.82) is 0 Å². The van der Waals surface area contributed by atoms with Gasteiger partial charge in [0.1, 0.15) is 0 Å². The maximum absolute atomic E-state index is 3.95. The van der Waals surface area contributed by atoms with Gasteiger partial charge in [-0.1, -0.05) is 36.7 Å². The van der Waals surface area contributed by atoms with Crippen LogP contribution in [0, 0.1) is 30.6 Å². The number of nitrogens with one attached hydrogen (secondary N) is 1. The summed E-state index contributed by atoms with van der Waals surface area (Å²) in [6.45, 7) is 11.8. The molecule has 1 N–H and O–H groups in total. The number of anilines is 1. The summed E-state index contributed by atoms with van der Waals surface area (Å²) in [5, 5.41) is 3.95. The van der Waals surface area contributed by atoms with Crippen molar-refractivity contribution in [3.63, 3.8) is 0 Å². The van der Waals surface area contributed by atoms with E-state index in [1.165, 1.54) is 40.5 Å². The van der Waals surface area contributed by atoms with Crippen LogP contribution >= 0.6 is 15.9 Å². The number of rotatable bonds is 2. The normalized spacial score (nSPS) is 34.5. The first kappa shape index (κ1) is 14.4. The van der Waals surface area contributed by atoms with Crippen molar-refractivity contribution in [3.8, 4) is 0 Å². The van der Waals surface area contributed by atoms with Crippen LogP contribution in [0.5, 0.6) is 0 Å². The van der Waals surface area contributed by atoms with E-state index in [9.17, 15) is 0 Å². The Balaban J connectivity index is 1.96. The quantitative estimate of drug-likeness (QED) is 0.731. The Morgan fingerprint density at radius 2 is 1.75 bits per heavy atom. The maximum atomic E-state index is 3.95. The second-order valence-corrected chi connectivity index (χ2v) is 8.82. The molecule has 0 aromatic heterocycles. The van der Waals surface area contributed by atoms with Gasteiger partial charge in [0.05, 0.1) is 0 Å². The molecule has 2 aliphatic carbocycles. The Morgan fingerprint density at radius 1 is 1.15 bits per heavy atom. The molecule has 0 aliphatic heterocycles. The Morgan fingerprint density at radius 3 is 2.25 bits per heavy atom. The van der Waals surface area contributed by atoms with Crippen molar-refractivity contribution in [2.24, 2.45) is 16.7 Å². The lowest BCUT2D eigenvalue weighted by Gasteiger charge is -2.44. The first-order valence-corrected chi connectivity index (χ1v) is 8.56. The molecule has 1 nitrogen and oxygen atoms in total. The van der Waals surface area contributed by atoms with Crippen LogP contribution in [0.3, 0.4) is 0 Å². The molecule has 2 heteroatoms. The lowest BCUT2D eigenvalue weighted by atomic mass is 9.68. The van der Waals surface area contributed by atoms with Crippen LogP contribution in [0.4, 0.5) is 5.69 Å². The summed E-state index contributed by atoms with van der Waals surface area (Å²) in [6, 6.07) is 5.03. The molecule has 0 heterocycles. The smallest absolute Gasteiger partial charge is 0.0402 e. The molecule has 2 saturated carbocycles. The second-order valence-electron chi connectivity index (χ2n) is 7.91. The molecule has 0 spiro atoms. The summed E-state index contributed by atoms with van der Waals surface area (Å²) >= 11 is 3.60. The largest absolute Gasteiger partial charge is 0.381 e. The highest BCUT2D eigenvalue weighted by molar-refractivity contribution is 9.10. The van der Waals surface area contributed by atoms with Gasteiger partial charge in [0.15, 0.2) is 0 Å². The summed E-state index contributed by atoms with van der Waals surface area (Å²) in [7, 11) is 0. The minimum Gasteiger partial charge on any atom is -0.381 e. The van der Waals surface area contributed by atoms with E-state index in [-0.39, 0.29) is 0 Å². The van der Waals surface area contributed by atoms with E-state index >= 15 is 0 Å². The lowest BCUT2D eigenvalue weighted by Crippen LogP contribution is -2.46. The van der Waals surface area contributed by atoms with Crippen LogP contribution in [-0.2, 0) is 0 Å². The van der Waals surface area contributed by atoms with Gasteiger partial charge < -0.3 is 5.32 Å². The van der Waals surface area contributed by atoms with Crippen molar-refractivity contribution in [2.45, 2.75) is 59.9 Å². The van der Waals surface area contributed by atoms with E-state index in [2.05, 4.69) is 68.0 Å². The van der Waals surface area contributed by atoms with E-state index in [1.807, 2.05) is 0 Å². The molecule has 0 radical (unpaired) electrons.